The highest BCUT2D eigenvalue weighted by molar-refractivity contribution is 5.92. The standard InChI is InChI=1S/C23H33N5O3/c1-2-20(29)16-25-8-10-26(11-9-25)17-22-24-21(18-31-22)23(30)28-14-12-27(13-15-28)19-6-4-3-5-7-19/h3-7,18,20,29H,2,8-17H2,1H3. The Morgan fingerprint density at radius 2 is 1.71 bits per heavy atom. The lowest BCUT2D eigenvalue weighted by atomic mass is 10.2. The van der Waals surface area contributed by atoms with Gasteiger partial charge in [-0.25, -0.2) is 4.98 Å². The van der Waals surface area contributed by atoms with Crippen molar-refractivity contribution in [1.29, 1.82) is 0 Å². The number of para-hydroxylation sites is 1. The third kappa shape index (κ3) is 5.64. The molecule has 0 radical (unpaired) electrons. The maximum absolute atomic E-state index is 12.9. The van der Waals surface area contributed by atoms with Crippen LogP contribution < -0.4 is 4.90 Å². The summed E-state index contributed by atoms with van der Waals surface area (Å²) in [6.45, 7) is 10.0. The van der Waals surface area contributed by atoms with Gasteiger partial charge in [0.2, 0.25) is 5.89 Å². The number of rotatable bonds is 7. The number of oxazole rings is 1. The summed E-state index contributed by atoms with van der Waals surface area (Å²) in [6.07, 6.45) is 2.03. The minimum atomic E-state index is -0.249. The van der Waals surface area contributed by atoms with Crippen molar-refractivity contribution in [2.75, 3.05) is 63.8 Å². The van der Waals surface area contributed by atoms with Gasteiger partial charge in [0.1, 0.15) is 6.26 Å². The third-order valence-electron chi connectivity index (χ3n) is 6.22. The molecule has 1 aromatic carbocycles. The Balaban J connectivity index is 1.24. The Bertz CT molecular complexity index is 827. The molecule has 3 heterocycles. The topological polar surface area (TPSA) is 76.3 Å². The van der Waals surface area contributed by atoms with Crippen molar-refractivity contribution in [3.8, 4) is 0 Å². The summed E-state index contributed by atoms with van der Waals surface area (Å²) in [5, 5.41) is 9.83. The van der Waals surface area contributed by atoms with E-state index in [1.165, 1.54) is 12.0 Å². The quantitative estimate of drug-likeness (QED) is 0.718. The lowest BCUT2D eigenvalue weighted by molar-refractivity contribution is 0.0658. The molecule has 31 heavy (non-hydrogen) atoms. The van der Waals surface area contributed by atoms with Crippen LogP contribution in [-0.4, -0.2) is 95.7 Å². The number of β-amino-alcohol motifs (C(OH)–C–C–N with tert-alkyl or cyclic N) is 1. The Labute approximate surface area is 184 Å². The van der Waals surface area contributed by atoms with Crippen molar-refractivity contribution in [3.63, 3.8) is 0 Å². The maximum atomic E-state index is 12.9. The van der Waals surface area contributed by atoms with E-state index in [2.05, 4.69) is 31.8 Å². The van der Waals surface area contributed by atoms with Crippen molar-refractivity contribution in [2.24, 2.45) is 0 Å². The van der Waals surface area contributed by atoms with Crippen LogP contribution >= 0.6 is 0 Å². The van der Waals surface area contributed by atoms with E-state index in [1.807, 2.05) is 30.0 Å². The SMILES string of the molecule is CCC(O)CN1CCN(Cc2nc(C(=O)N3CCN(c4ccccc4)CC3)co2)CC1. The zero-order valence-electron chi connectivity index (χ0n) is 18.3. The number of carbonyl (C=O) groups excluding carboxylic acids is 1. The molecule has 1 unspecified atom stereocenters. The summed E-state index contributed by atoms with van der Waals surface area (Å²) in [7, 11) is 0. The molecule has 8 nitrogen and oxygen atoms in total. The number of piperazine rings is 2. The number of amides is 1. The zero-order chi connectivity index (χ0) is 21.6. The van der Waals surface area contributed by atoms with Crippen molar-refractivity contribution in [1.82, 2.24) is 19.7 Å². The molecule has 2 aliphatic heterocycles. The first-order chi connectivity index (χ1) is 15.1. The smallest absolute Gasteiger partial charge is 0.275 e. The van der Waals surface area contributed by atoms with E-state index in [0.717, 1.165) is 52.2 Å². The highest BCUT2D eigenvalue weighted by atomic mass is 16.3. The van der Waals surface area contributed by atoms with E-state index in [1.54, 1.807) is 0 Å². The Morgan fingerprint density at radius 1 is 1.03 bits per heavy atom. The fourth-order valence-electron chi connectivity index (χ4n) is 4.20. The van der Waals surface area contributed by atoms with E-state index in [9.17, 15) is 9.90 Å². The van der Waals surface area contributed by atoms with Gasteiger partial charge >= 0.3 is 0 Å². The van der Waals surface area contributed by atoms with E-state index in [4.69, 9.17) is 4.42 Å². The van der Waals surface area contributed by atoms with Crippen LogP contribution in [-0.2, 0) is 6.54 Å². The highest BCUT2D eigenvalue weighted by Crippen LogP contribution is 2.17. The van der Waals surface area contributed by atoms with E-state index in [-0.39, 0.29) is 12.0 Å². The van der Waals surface area contributed by atoms with Crippen molar-refractivity contribution >= 4 is 11.6 Å². The predicted octanol–water partition coefficient (Wildman–Crippen LogP) is 1.53. The lowest BCUT2D eigenvalue weighted by Gasteiger charge is -2.35. The molecule has 1 amide bonds. The fraction of sp³-hybridized carbons (Fsp3) is 0.565. The molecule has 2 fully saturated rings. The largest absolute Gasteiger partial charge is 0.447 e. The van der Waals surface area contributed by atoms with E-state index in [0.29, 0.717) is 31.2 Å². The summed E-state index contributed by atoms with van der Waals surface area (Å²) in [5.74, 6) is 0.536. The summed E-state index contributed by atoms with van der Waals surface area (Å²) >= 11 is 0. The number of aromatic nitrogens is 1. The molecular weight excluding hydrogens is 394 g/mol. The summed E-state index contributed by atoms with van der Waals surface area (Å²) in [6, 6.07) is 10.3. The average Bonchev–Trinajstić information content (AvgIpc) is 3.29. The molecule has 0 spiro atoms. The monoisotopic (exact) mass is 427 g/mol. The minimum Gasteiger partial charge on any atom is -0.447 e. The number of carbonyl (C=O) groups is 1. The summed E-state index contributed by atoms with van der Waals surface area (Å²) in [4.78, 5) is 26.1. The molecule has 2 aromatic rings. The Morgan fingerprint density at radius 3 is 2.39 bits per heavy atom. The molecule has 0 saturated carbocycles. The first-order valence-electron chi connectivity index (χ1n) is 11.3. The maximum Gasteiger partial charge on any atom is 0.275 e. The molecule has 0 aliphatic carbocycles. The normalized spacial score (nSPS) is 19.5. The van der Waals surface area contributed by atoms with Gasteiger partial charge in [-0.05, 0) is 18.6 Å². The van der Waals surface area contributed by atoms with Gasteiger partial charge in [-0.3, -0.25) is 14.6 Å². The van der Waals surface area contributed by atoms with E-state index < -0.39 is 0 Å². The number of aliphatic hydroxyl groups excluding tert-OH is 1. The van der Waals surface area contributed by atoms with E-state index >= 15 is 0 Å². The molecule has 1 aromatic heterocycles. The van der Waals surface area contributed by atoms with Crippen molar-refractivity contribution in [3.05, 3.63) is 48.2 Å². The second-order valence-corrected chi connectivity index (χ2v) is 8.38. The number of nitrogens with zero attached hydrogens (tertiary/aromatic N) is 5. The van der Waals surface area contributed by atoms with Crippen LogP contribution in [0.2, 0.25) is 0 Å². The van der Waals surface area contributed by atoms with Crippen LogP contribution in [0, 0.1) is 0 Å². The minimum absolute atomic E-state index is 0.0546. The molecule has 8 heteroatoms. The lowest BCUT2D eigenvalue weighted by Crippen LogP contribution is -2.49. The summed E-state index contributed by atoms with van der Waals surface area (Å²) in [5.41, 5.74) is 1.59. The first kappa shape index (κ1) is 21.8. The van der Waals surface area contributed by atoms with Gasteiger partial charge in [-0.1, -0.05) is 25.1 Å². The second-order valence-electron chi connectivity index (χ2n) is 8.38. The number of aliphatic hydroxyl groups is 1. The average molecular weight is 428 g/mol. The Hall–Kier alpha value is -2.42. The zero-order valence-corrected chi connectivity index (χ0v) is 18.3. The molecule has 168 valence electrons. The van der Waals surface area contributed by atoms with Gasteiger partial charge in [0, 0.05) is 64.6 Å². The van der Waals surface area contributed by atoms with Gasteiger partial charge < -0.3 is 19.3 Å². The number of anilines is 1. The van der Waals surface area contributed by atoms with Crippen LogP contribution in [0.25, 0.3) is 0 Å². The van der Waals surface area contributed by atoms with Gasteiger partial charge in [-0.15, -0.1) is 0 Å². The number of benzene rings is 1. The van der Waals surface area contributed by atoms with Crippen LogP contribution in [0.1, 0.15) is 29.7 Å². The number of hydrogen-bond donors (Lipinski definition) is 1. The highest BCUT2D eigenvalue weighted by Gasteiger charge is 2.25. The van der Waals surface area contributed by atoms with Crippen molar-refractivity contribution in [2.45, 2.75) is 26.0 Å². The fourth-order valence-corrected chi connectivity index (χ4v) is 4.20. The molecule has 1 atom stereocenters. The molecule has 2 saturated heterocycles. The molecular formula is C23H33N5O3. The van der Waals surface area contributed by atoms with Gasteiger partial charge in [0.05, 0.1) is 12.6 Å². The van der Waals surface area contributed by atoms with Crippen LogP contribution in [0.3, 0.4) is 0 Å². The summed E-state index contributed by atoms with van der Waals surface area (Å²) < 4.78 is 5.61. The van der Waals surface area contributed by atoms with Crippen LogP contribution in [0.4, 0.5) is 5.69 Å². The second kappa shape index (κ2) is 10.3. The van der Waals surface area contributed by atoms with Gasteiger partial charge in [-0.2, -0.15) is 0 Å². The molecule has 0 bridgehead atoms. The molecule has 2 aliphatic rings. The number of hydrogen-bond acceptors (Lipinski definition) is 7. The molecule has 1 N–H and O–H groups in total. The van der Waals surface area contributed by atoms with Gasteiger partial charge in [0.25, 0.3) is 5.91 Å². The first-order valence-corrected chi connectivity index (χ1v) is 11.3. The van der Waals surface area contributed by atoms with Crippen LogP contribution in [0.15, 0.2) is 41.0 Å². The third-order valence-corrected chi connectivity index (χ3v) is 6.22. The van der Waals surface area contributed by atoms with Crippen LogP contribution in [0.5, 0.6) is 0 Å². The Kier molecular flexibility index (Phi) is 7.21. The van der Waals surface area contributed by atoms with Gasteiger partial charge in [0.15, 0.2) is 5.69 Å². The van der Waals surface area contributed by atoms with Crippen molar-refractivity contribution < 1.29 is 14.3 Å². The predicted molar refractivity (Wildman–Crippen MR) is 119 cm³/mol. The molecule has 4 rings (SSSR count).